The number of nitrogens with zero attached hydrogens (tertiary/aromatic N) is 2. The van der Waals surface area contributed by atoms with Crippen molar-refractivity contribution < 1.29 is 22.5 Å². The van der Waals surface area contributed by atoms with E-state index in [0.717, 1.165) is 16.9 Å². The van der Waals surface area contributed by atoms with Gasteiger partial charge in [0.25, 0.3) is 0 Å². The van der Waals surface area contributed by atoms with E-state index in [2.05, 4.69) is 15.5 Å². The van der Waals surface area contributed by atoms with E-state index in [0.29, 0.717) is 6.54 Å². The van der Waals surface area contributed by atoms with Gasteiger partial charge in [0.2, 0.25) is 11.8 Å². The molecule has 1 heterocycles. The molecule has 0 radical (unpaired) electrons. The fourth-order valence-corrected chi connectivity index (χ4v) is 3.92. The number of sulfone groups is 1. The van der Waals surface area contributed by atoms with Gasteiger partial charge in [0.05, 0.1) is 12.0 Å². The Kier molecular flexibility index (Phi) is 6.83. The van der Waals surface area contributed by atoms with Gasteiger partial charge in [-0.15, -0.1) is 0 Å². The number of carbonyl (C=O) groups excluding carboxylic acids is 1. The fourth-order valence-electron chi connectivity index (χ4n) is 2.74. The molecule has 1 aromatic heterocycles. The van der Waals surface area contributed by atoms with Gasteiger partial charge in [0.1, 0.15) is 11.5 Å². The van der Waals surface area contributed by atoms with Crippen LogP contribution in [0.4, 0.5) is 0 Å². The maximum Gasteiger partial charge on any atom is 0.227 e. The quantitative estimate of drug-likeness (QED) is 0.556. The first-order valence-corrected chi connectivity index (χ1v) is 11.0. The van der Waals surface area contributed by atoms with Gasteiger partial charge in [-0.1, -0.05) is 35.0 Å². The second kappa shape index (κ2) is 9.53. The zero-order valence-corrected chi connectivity index (χ0v) is 17.6. The minimum atomic E-state index is -3.57. The molecule has 30 heavy (non-hydrogen) atoms. The van der Waals surface area contributed by atoms with Crippen LogP contribution in [0.5, 0.6) is 5.75 Å². The van der Waals surface area contributed by atoms with Crippen molar-refractivity contribution in [2.75, 3.05) is 7.11 Å². The summed E-state index contributed by atoms with van der Waals surface area (Å²) in [5, 5.41) is 6.54. The molecule has 9 heteroatoms. The maximum absolute atomic E-state index is 12.5. The van der Waals surface area contributed by atoms with Crippen LogP contribution in [0.2, 0.25) is 0 Å². The topological polar surface area (TPSA) is 111 Å². The Morgan fingerprint density at radius 3 is 2.67 bits per heavy atom. The van der Waals surface area contributed by atoms with Crippen molar-refractivity contribution >= 4 is 15.7 Å². The van der Waals surface area contributed by atoms with Crippen molar-refractivity contribution in [1.82, 2.24) is 15.5 Å². The molecule has 1 amide bonds. The molecule has 0 aliphatic heterocycles. The van der Waals surface area contributed by atoms with Gasteiger partial charge >= 0.3 is 0 Å². The molecule has 8 nitrogen and oxygen atoms in total. The van der Waals surface area contributed by atoms with Gasteiger partial charge in [-0.3, -0.25) is 4.79 Å². The lowest BCUT2D eigenvalue weighted by molar-refractivity contribution is -0.121. The van der Waals surface area contributed by atoms with E-state index in [1.807, 2.05) is 31.2 Å². The van der Waals surface area contributed by atoms with E-state index in [1.165, 1.54) is 0 Å². The van der Waals surface area contributed by atoms with Crippen molar-refractivity contribution in [3.8, 4) is 5.75 Å². The van der Waals surface area contributed by atoms with Crippen LogP contribution in [0, 0.1) is 6.92 Å². The van der Waals surface area contributed by atoms with Crippen molar-refractivity contribution in [1.29, 1.82) is 0 Å². The molecule has 0 spiro atoms. The average molecular weight is 429 g/mol. The molecule has 0 aliphatic carbocycles. The SMILES string of the molecule is COc1cccc(CNC(=O)CCc2nc(CS(=O)(=O)c3ccc(C)cc3)no2)c1. The van der Waals surface area contributed by atoms with E-state index in [1.54, 1.807) is 31.4 Å². The Balaban J connectivity index is 1.50. The zero-order valence-electron chi connectivity index (χ0n) is 16.8. The third kappa shape index (κ3) is 5.90. The summed E-state index contributed by atoms with van der Waals surface area (Å²) in [7, 11) is -1.98. The standard InChI is InChI=1S/C21H23N3O5S/c1-15-6-8-18(9-7-15)30(26,27)14-19-23-21(29-24-19)11-10-20(25)22-13-16-4-3-5-17(12-16)28-2/h3-9,12H,10-11,13-14H2,1-2H3,(H,22,25). The molecule has 0 aliphatic rings. The minimum absolute atomic E-state index is 0.0716. The van der Waals surface area contributed by atoms with E-state index < -0.39 is 9.84 Å². The number of ether oxygens (including phenoxy) is 1. The monoisotopic (exact) mass is 429 g/mol. The lowest BCUT2D eigenvalue weighted by atomic mass is 10.2. The molecule has 0 saturated carbocycles. The first-order chi connectivity index (χ1) is 14.4. The van der Waals surface area contributed by atoms with Crippen LogP contribution in [0.25, 0.3) is 0 Å². The number of rotatable bonds is 9. The maximum atomic E-state index is 12.5. The molecule has 0 saturated heterocycles. The van der Waals surface area contributed by atoms with Crippen molar-refractivity contribution in [3.63, 3.8) is 0 Å². The van der Waals surface area contributed by atoms with Gasteiger partial charge in [0, 0.05) is 19.4 Å². The number of nitrogens with one attached hydrogen (secondary N) is 1. The van der Waals surface area contributed by atoms with Crippen LogP contribution >= 0.6 is 0 Å². The van der Waals surface area contributed by atoms with Crippen molar-refractivity contribution in [2.45, 2.75) is 37.0 Å². The highest BCUT2D eigenvalue weighted by molar-refractivity contribution is 7.90. The molecule has 0 atom stereocenters. The summed E-state index contributed by atoms with van der Waals surface area (Å²) < 4.78 is 35.2. The molecule has 3 aromatic rings. The number of hydrogen-bond acceptors (Lipinski definition) is 7. The second-order valence-electron chi connectivity index (χ2n) is 6.80. The Hall–Kier alpha value is -3.20. The van der Waals surface area contributed by atoms with Crippen LogP contribution in [0.15, 0.2) is 57.9 Å². The van der Waals surface area contributed by atoms with Crippen LogP contribution in [-0.2, 0) is 33.4 Å². The first-order valence-electron chi connectivity index (χ1n) is 9.36. The summed E-state index contributed by atoms with van der Waals surface area (Å²) >= 11 is 0. The molecule has 0 fully saturated rings. The third-order valence-electron chi connectivity index (χ3n) is 4.40. The summed E-state index contributed by atoms with van der Waals surface area (Å²) in [6.45, 7) is 2.26. The average Bonchev–Trinajstić information content (AvgIpc) is 3.17. The second-order valence-corrected chi connectivity index (χ2v) is 8.79. The van der Waals surface area contributed by atoms with Crippen LogP contribution in [-0.4, -0.2) is 31.6 Å². The highest BCUT2D eigenvalue weighted by atomic mass is 32.2. The van der Waals surface area contributed by atoms with Gasteiger partial charge in [-0.25, -0.2) is 8.42 Å². The predicted octanol–water partition coefficient (Wildman–Crippen LogP) is 2.61. The molecular formula is C21H23N3O5S. The largest absolute Gasteiger partial charge is 0.497 e. The summed E-state index contributed by atoms with van der Waals surface area (Å²) in [6.07, 6.45) is 0.373. The lowest BCUT2D eigenvalue weighted by Gasteiger charge is -2.06. The highest BCUT2D eigenvalue weighted by Gasteiger charge is 2.19. The number of methoxy groups -OCH3 is 1. The van der Waals surface area contributed by atoms with Crippen molar-refractivity contribution in [3.05, 3.63) is 71.4 Å². The number of aryl methyl sites for hydroxylation is 2. The zero-order chi connectivity index (χ0) is 21.6. The number of amides is 1. The molecule has 158 valence electrons. The molecule has 2 aromatic carbocycles. The smallest absolute Gasteiger partial charge is 0.227 e. The molecule has 3 rings (SSSR count). The van der Waals surface area contributed by atoms with Gasteiger partial charge in [0.15, 0.2) is 15.7 Å². The van der Waals surface area contributed by atoms with Crippen LogP contribution < -0.4 is 10.1 Å². The fraction of sp³-hybridized carbons (Fsp3) is 0.286. The molecular weight excluding hydrogens is 406 g/mol. The van der Waals surface area contributed by atoms with Gasteiger partial charge in [-0.05, 0) is 36.8 Å². The molecule has 0 unspecified atom stereocenters. The van der Waals surface area contributed by atoms with E-state index in [4.69, 9.17) is 9.26 Å². The van der Waals surface area contributed by atoms with E-state index >= 15 is 0 Å². The molecule has 1 N–H and O–H groups in total. The number of hydrogen-bond donors (Lipinski definition) is 1. The summed E-state index contributed by atoms with van der Waals surface area (Å²) in [4.78, 5) is 16.4. The third-order valence-corrected chi connectivity index (χ3v) is 6.03. The lowest BCUT2D eigenvalue weighted by Crippen LogP contribution is -2.23. The van der Waals surface area contributed by atoms with Gasteiger partial charge in [-0.2, -0.15) is 4.98 Å². The Morgan fingerprint density at radius 1 is 1.17 bits per heavy atom. The summed E-state index contributed by atoms with van der Waals surface area (Å²) in [6, 6.07) is 14.0. The predicted molar refractivity (Wildman–Crippen MR) is 110 cm³/mol. The van der Waals surface area contributed by atoms with Crippen molar-refractivity contribution in [2.24, 2.45) is 0 Å². The minimum Gasteiger partial charge on any atom is -0.497 e. The first kappa shape index (κ1) is 21.5. The van der Waals surface area contributed by atoms with Crippen LogP contribution in [0.3, 0.4) is 0 Å². The number of aromatic nitrogens is 2. The normalized spacial score (nSPS) is 11.3. The summed E-state index contributed by atoms with van der Waals surface area (Å²) in [5.41, 5.74) is 1.89. The molecule has 0 bridgehead atoms. The Morgan fingerprint density at radius 2 is 1.93 bits per heavy atom. The Labute approximate surface area is 175 Å². The number of benzene rings is 2. The summed E-state index contributed by atoms with van der Waals surface area (Å²) in [5.74, 6) is 0.482. The highest BCUT2D eigenvalue weighted by Crippen LogP contribution is 2.16. The van der Waals surface area contributed by atoms with E-state index in [-0.39, 0.29) is 41.1 Å². The van der Waals surface area contributed by atoms with E-state index in [9.17, 15) is 13.2 Å². The number of carbonyl (C=O) groups is 1. The van der Waals surface area contributed by atoms with Gasteiger partial charge < -0.3 is 14.6 Å². The van der Waals surface area contributed by atoms with Crippen LogP contribution in [0.1, 0.15) is 29.3 Å². The Bertz CT molecular complexity index is 1110.